The maximum atomic E-state index is 6.32. The number of hydrogen-bond acceptors (Lipinski definition) is 3. The number of fused-ring (bicyclic) bond motifs is 1. The van der Waals surface area contributed by atoms with Crippen LogP contribution in [0.5, 0.6) is 0 Å². The molecule has 0 unspecified atom stereocenters. The quantitative estimate of drug-likeness (QED) is 0.713. The second kappa shape index (κ2) is 4.85. The Bertz CT molecular complexity index is 748. The lowest BCUT2D eigenvalue weighted by atomic mass is 10.1. The highest BCUT2D eigenvalue weighted by Gasteiger charge is 2.10. The highest BCUT2D eigenvalue weighted by Crippen LogP contribution is 2.34. The van der Waals surface area contributed by atoms with E-state index in [0.717, 1.165) is 27.8 Å². The van der Waals surface area contributed by atoms with Crippen LogP contribution in [0.25, 0.3) is 10.8 Å². The minimum Gasteiger partial charge on any atom is -0.397 e. The van der Waals surface area contributed by atoms with Gasteiger partial charge >= 0.3 is 0 Å². The van der Waals surface area contributed by atoms with Crippen molar-refractivity contribution in [2.75, 3.05) is 17.7 Å². The van der Waals surface area contributed by atoms with Gasteiger partial charge in [-0.1, -0.05) is 23.8 Å². The van der Waals surface area contributed by atoms with E-state index < -0.39 is 0 Å². The van der Waals surface area contributed by atoms with E-state index in [2.05, 4.69) is 47.1 Å². The summed E-state index contributed by atoms with van der Waals surface area (Å²) >= 11 is 0. The minimum absolute atomic E-state index is 0.785. The molecule has 0 aliphatic heterocycles. The number of aryl methyl sites for hydroxylation is 1. The number of nitrogens with two attached hydrogens (primary N) is 1. The van der Waals surface area contributed by atoms with Crippen LogP contribution >= 0.6 is 0 Å². The average Bonchev–Trinajstić information content (AvgIpc) is 2.48. The van der Waals surface area contributed by atoms with Crippen LogP contribution in [0.3, 0.4) is 0 Å². The van der Waals surface area contributed by atoms with Gasteiger partial charge in [0, 0.05) is 35.9 Å². The predicted octanol–water partition coefficient (Wildman–Crippen LogP) is 3.89. The zero-order valence-electron chi connectivity index (χ0n) is 11.7. The maximum Gasteiger partial charge on any atom is 0.0648 e. The summed E-state index contributed by atoms with van der Waals surface area (Å²) in [4.78, 5) is 6.23. The molecule has 3 rings (SSSR count). The number of anilines is 3. The van der Waals surface area contributed by atoms with Gasteiger partial charge in [-0.3, -0.25) is 4.98 Å². The fraction of sp³-hybridized carbons (Fsp3) is 0.118. The lowest BCUT2D eigenvalue weighted by molar-refractivity contribution is 1.21. The van der Waals surface area contributed by atoms with Crippen molar-refractivity contribution in [2.24, 2.45) is 0 Å². The largest absolute Gasteiger partial charge is 0.397 e. The third kappa shape index (κ3) is 2.07. The van der Waals surface area contributed by atoms with Gasteiger partial charge in [0.15, 0.2) is 0 Å². The molecular formula is C17H17N3. The van der Waals surface area contributed by atoms with Gasteiger partial charge in [-0.2, -0.15) is 0 Å². The van der Waals surface area contributed by atoms with Crippen LogP contribution in [-0.4, -0.2) is 12.0 Å². The molecule has 3 aromatic rings. The van der Waals surface area contributed by atoms with Crippen molar-refractivity contribution in [1.82, 2.24) is 4.98 Å². The number of pyridine rings is 1. The molecule has 2 N–H and O–H groups in total. The molecule has 0 aliphatic rings. The van der Waals surface area contributed by atoms with E-state index in [1.54, 1.807) is 6.20 Å². The Balaban J connectivity index is 2.09. The zero-order valence-corrected chi connectivity index (χ0v) is 11.7. The molecule has 3 heteroatoms. The third-order valence-corrected chi connectivity index (χ3v) is 3.62. The Kier molecular flexibility index (Phi) is 3.03. The standard InChI is InChI=1S/C17H17N3/c1-12-3-6-14(7-4-12)20(2)16-8-5-13-11-19-10-9-15(13)17(16)18/h3-11H,18H2,1-2H3. The van der Waals surface area contributed by atoms with Gasteiger partial charge in [0.2, 0.25) is 0 Å². The molecule has 3 nitrogen and oxygen atoms in total. The molecule has 0 spiro atoms. The monoisotopic (exact) mass is 263 g/mol. The first kappa shape index (κ1) is 12.5. The van der Waals surface area contributed by atoms with Crippen LogP contribution < -0.4 is 10.6 Å². The second-order valence-corrected chi connectivity index (χ2v) is 4.99. The van der Waals surface area contributed by atoms with Gasteiger partial charge in [0.1, 0.15) is 0 Å². The third-order valence-electron chi connectivity index (χ3n) is 3.62. The summed E-state index contributed by atoms with van der Waals surface area (Å²) < 4.78 is 0. The maximum absolute atomic E-state index is 6.32. The summed E-state index contributed by atoms with van der Waals surface area (Å²) in [6.45, 7) is 2.08. The SMILES string of the molecule is Cc1ccc(N(C)c2ccc3cnccc3c2N)cc1. The van der Waals surface area contributed by atoms with Gasteiger partial charge in [0.25, 0.3) is 0 Å². The van der Waals surface area contributed by atoms with E-state index in [9.17, 15) is 0 Å². The number of aromatic nitrogens is 1. The van der Waals surface area contributed by atoms with Crippen molar-refractivity contribution in [1.29, 1.82) is 0 Å². The van der Waals surface area contributed by atoms with Crippen molar-refractivity contribution in [3.8, 4) is 0 Å². The molecule has 0 saturated carbocycles. The fourth-order valence-corrected chi connectivity index (χ4v) is 2.38. The number of rotatable bonds is 2. The first-order chi connectivity index (χ1) is 9.66. The number of benzene rings is 2. The molecule has 20 heavy (non-hydrogen) atoms. The lowest BCUT2D eigenvalue weighted by Gasteiger charge is -2.22. The first-order valence-corrected chi connectivity index (χ1v) is 6.59. The van der Waals surface area contributed by atoms with E-state index >= 15 is 0 Å². The van der Waals surface area contributed by atoms with Crippen molar-refractivity contribution in [2.45, 2.75) is 6.92 Å². The number of nitrogens with zero attached hydrogens (tertiary/aromatic N) is 2. The summed E-state index contributed by atoms with van der Waals surface area (Å²) in [7, 11) is 2.03. The van der Waals surface area contributed by atoms with E-state index in [4.69, 9.17) is 5.73 Å². The van der Waals surface area contributed by atoms with Gasteiger partial charge in [-0.25, -0.2) is 0 Å². The molecule has 2 aromatic carbocycles. The molecule has 100 valence electrons. The Hall–Kier alpha value is -2.55. The summed E-state index contributed by atoms with van der Waals surface area (Å²) in [5.74, 6) is 0. The van der Waals surface area contributed by atoms with Gasteiger partial charge in [-0.15, -0.1) is 0 Å². The molecule has 0 radical (unpaired) electrons. The minimum atomic E-state index is 0.785. The smallest absolute Gasteiger partial charge is 0.0648 e. The van der Waals surface area contributed by atoms with E-state index in [-0.39, 0.29) is 0 Å². The van der Waals surface area contributed by atoms with Crippen molar-refractivity contribution in [3.63, 3.8) is 0 Å². The molecule has 1 heterocycles. The number of hydrogen-bond donors (Lipinski definition) is 1. The van der Waals surface area contributed by atoms with Crippen LogP contribution in [0.4, 0.5) is 17.1 Å². The molecule has 0 aliphatic carbocycles. The molecule has 0 fully saturated rings. The summed E-state index contributed by atoms with van der Waals surface area (Å²) in [6, 6.07) is 14.5. The average molecular weight is 263 g/mol. The molecule has 1 aromatic heterocycles. The van der Waals surface area contributed by atoms with Crippen LogP contribution in [-0.2, 0) is 0 Å². The van der Waals surface area contributed by atoms with Crippen LogP contribution in [0, 0.1) is 6.92 Å². The molecule has 0 saturated heterocycles. The molecular weight excluding hydrogens is 246 g/mol. The topological polar surface area (TPSA) is 42.2 Å². The van der Waals surface area contributed by atoms with Gasteiger partial charge in [-0.05, 0) is 31.2 Å². The van der Waals surface area contributed by atoms with Crippen LogP contribution in [0.1, 0.15) is 5.56 Å². The second-order valence-electron chi connectivity index (χ2n) is 4.99. The lowest BCUT2D eigenvalue weighted by Crippen LogP contribution is -2.11. The van der Waals surface area contributed by atoms with Crippen molar-refractivity contribution in [3.05, 3.63) is 60.4 Å². The Morgan fingerprint density at radius 3 is 2.50 bits per heavy atom. The Labute approximate surface area is 118 Å². The molecule has 0 atom stereocenters. The van der Waals surface area contributed by atoms with Crippen LogP contribution in [0.15, 0.2) is 54.9 Å². The summed E-state index contributed by atoms with van der Waals surface area (Å²) in [6.07, 6.45) is 3.61. The Morgan fingerprint density at radius 1 is 1.00 bits per heavy atom. The molecule has 0 amide bonds. The highest BCUT2D eigenvalue weighted by molar-refractivity contribution is 5.99. The highest BCUT2D eigenvalue weighted by atomic mass is 15.1. The van der Waals surface area contributed by atoms with E-state index in [0.29, 0.717) is 0 Å². The van der Waals surface area contributed by atoms with Crippen LogP contribution in [0.2, 0.25) is 0 Å². The van der Waals surface area contributed by atoms with Gasteiger partial charge in [0.05, 0.1) is 11.4 Å². The number of nitrogen functional groups attached to an aromatic ring is 1. The zero-order chi connectivity index (χ0) is 14.1. The first-order valence-electron chi connectivity index (χ1n) is 6.59. The Morgan fingerprint density at radius 2 is 1.75 bits per heavy atom. The summed E-state index contributed by atoms with van der Waals surface area (Å²) in [5, 5.41) is 2.10. The van der Waals surface area contributed by atoms with Crippen molar-refractivity contribution >= 4 is 27.8 Å². The predicted molar refractivity (Wildman–Crippen MR) is 85.4 cm³/mol. The fourth-order valence-electron chi connectivity index (χ4n) is 2.38. The normalized spacial score (nSPS) is 10.7. The summed E-state index contributed by atoms with van der Waals surface area (Å²) in [5.41, 5.74) is 10.5. The van der Waals surface area contributed by atoms with Gasteiger partial charge < -0.3 is 10.6 Å². The van der Waals surface area contributed by atoms with Crippen molar-refractivity contribution < 1.29 is 0 Å². The molecule has 0 bridgehead atoms. The van der Waals surface area contributed by atoms with E-state index in [1.165, 1.54) is 5.56 Å². The van der Waals surface area contributed by atoms with E-state index in [1.807, 2.05) is 25.4 Å².